The molecule has 0 spiro atoms. The summed E-state index contributed by atoms with van der Waals surface area (Å²) in [4.78, 5) is 10.8. The highest BCUT2D eigenvalue weighted by Gasteiger charge is 2.23. The van der Waals surface area contributed by atoms with Crippen LogP contribution in [0.4, 0.5) is 0 Å². The van der Waals surface area contributed by atoms with E-state index in [0.29, 0.717) is 0 Å². The Hall–Kier alpha value is -0.930. The highest BCUT2D eigenvalue weighted by Crippen LogP contribution is 2.23. The molecular weight excluding hydrogens is 204 g/mol. The van der Waals surface area contributed by atoms with Gasteiger partial charge in [0.1, 0.15) is 6.10 Å². The molecule has 1 rings (SSSR count). The molecule has 1 aliphatic rings. The molecule has 92 valence electrons. The summed E-state index contributed by atoms with van der Waals surface area (Å²) >= 11 is 0. The van der Waals surface area contributed by atoms with Crippen LogP contribution in [0.3, 0.4) is 0 Å². The Labute approximate surface area is 97.5 Å². The molecule has 0 heterocycles. The minimum atomic E-state index is -0.187. The van der Waals surface area contributed by atoms with Crippen LogP contribution in [-0.4, -0.2) is 24.7 Å². The maximum absolute atomic E-state index is 10.8. The Morgan fingerprint density at radius 1 is 1.44 bits per heavy atom. The minimum absolute atomic E-state index is 0.0568. The standard InChI is InChI=1S/C12H22N2O2/c1-3-4-8-13-14-11-6-5-7-12(9-11)16-10(2)15/h11-12H,3-9H2,1-2H3. The van der Waals surface area contributed by atoms with Crippen molar-refractivity contribution in [3.05, 3.63) is 0 Å². The highest BCUT2D eigenvalue weighted by atomic mass is 16.5. The molecule has 16 heavy (non-hydrogen) atoms. The molecular formula is C12H22N2O2. The maximum Gasteiger partial charge on any atom is 0.302 e. The van der Waals surface area contributed by atoms with Crippen LogP contribution in [0, 0.1) is 0 Å². The van der Waals surface area contributed by atoms with Crippen LogP contribution in [0.5, 0.6) is 0 Å². The molecule has 2 atom stereocenters. The van der Waals surface area contributed by atoms with E-state index in [4.69, 9.17) is 4.74 Å². The number of rotatable bonds is 5. The average molecular weight is 226 g/mol. The second-order valence-electron chi connectivity index (χ2n) is 4.39. The van der Waals surface area contributed by atoms with Crippen LogP contribution in [0.25, 0.3) is 0 Å². The normalized spacial score (nSPS) is 25.9. The first-order valence-corrected chi connectivity index (χ1v) is 6.26. The topological polar surface area (TPSA) is 51.0 Å². The van der Waals surface area contributed by atoms with E-state index in [2.05, 4.69) is 17.2 Å². The Morgan fingerprint density at radius 3 is 2.94 bits per heavy atom. The van der Waals surface area contributed by atoms with E-state index in [1.54, 1.807) is 0 Å². The fraction of sp³-hybridized carbons (Fsp3) is 0.917. The van der Waals surface area contributed by atoms with E-state index in [-0.39, 0.29) is 18.1 Å². The summed E-state index contributed by atoms with van der Waals surface area (Å²) in [6.45, 7) is 4.43. The number of carbonyl (C=O) groups excluding carboxylic acids is 1. The average Bonchev–Trinajstić information content (AvgIpc) is 2.24. The van der Waals surface area contributed by atoms with Crippen LogP contribution in [-0.2, 0) is 9.53 Å². The van der Waals surface area contributed by atoms with Gasteiger partial charge >= 0.3 is 5.97 Å². The first kappa shape index (κ1) is 13.1. The van der Waals surface area contributed by atoms with Gasteiger partial charge in [0.15, 0.2) is 0 Å². The summed E-state index contributed by atoms with van der Waals surface area (Å²) in [6, 6.07) is 0.259. The summed E-state index contributed by atoms with van der Waals surface area (Å²) in [5, 5.41) is 8.49. The lowest BCUT2D eigenvalue weighted by molar-refractivity contribution is -0.147. The van der Waals surface area contributed by atoms with Gasteiger partial charge in [-0.2, -0.15) is 10.2 Å². The highest BCUT2D eigenvalue weighted by molar-refractivity contribution is 5.66. The van der Waals surface area contributed by atoms with E-state index in [9.17, 15) is 4.79 Å². The first-order valence-electron chi connectivity index (χ1n) is 6.26. The second kappa shape index (κ2) is 7.36. The summed E-state index contributed by atoms with van der Waals surface area (Å²) in [5.41, 5.74) is 0. The smallest absolute Gasteiger partial charge is 0.302 e. The number of nitrogens with zero attached hydrogens (tertiary/aromatic N) is 2. The lowest BCUT2D eigenvalue weighted by Crippen LogP contribution is -2.26. The number of hydrogen-bond acceptors (Lipinski definition) is 4. The number of carbonyl (C=O) groups is 1. The van der Waals surface area contributed by atoms with Crippen molar-refractivity contribution in [1.29, 1.82) is 0 Å². The van der Waals surface area contributed by atoms with Crippen molar-refractivity contribution in [1.82, 2.24) is 0 Å². The SMILES string of the molecule is CCCCN=NC1CCCC(OC(C)=O)C1. The van der Waals surface area contributed by atoms with E-state index in [1.807, 2.05) is 0 Å². The zero-order chi connectivity index (χ0) is 11.8. The molecule has 1 saturated carbocycles. The molecule has 0 saturated heterocycles. The third kappa shape index (κ3) is 5.24. The van der Waals surface area contributed by atoms with Gasteiger partial charge in [0.2, 0.25) is 0 Å². The Morgan fingerprint density at radius 2 is 2.25 bits per heavy atom. The number of unbranched alkanes of at least 4 members (excludes halogenated alkanes) is 1. The van der Waals surface area contributed by atoms with E-state index < -0.39 is 0 Å². The molecule has 0 aromatic rings. The van der Waals surface area contributed by atoms with E-state index in [0.717, 1.165) is 45.1 Å². The third-order valence-electron chi connectivity index (χ3n) is 2.79. The van der Waals surface area contributed by atoms with Crippen LogP contribution >= 0.6 is 0 Å². The zero-order valence-corrected chi connectivity index (χ0v) is 10.3. The molecule has 0 aromatic heterocycles. The fourth-order valence-electron chi connectivity index (χ4n) is 1.97. The molecule has 0 radical (unpaired) electrons. The third-order valence-corrected chi connectivity index (χ3v) is 2.79. The van der Waals surface area contributed by atoms with Crippen LogP contribution in [0.1, 0.15) is 52.4 Å². The Balaban J connectivity index is 2.27. The number of esters is 1. The maximum atomic E-state index is 10.8. The molecule has 2 unspecified atom stereocenters. The number of ether oxygens (including phenoxy) is 1. The predicted octanol–water partition coefficient (Wildman–Crippen LogP) is 3.11. The number of hydrogen-bond donors (Lipinski definition) is 0. The molecule has 1 fully saturated rings. The summed E-state index contributed by atoms with van der Waals surface area (Å²) < 4.78 is 5.21. The first-order chi connectivity index (χ1) is 7.72. The zero-order valence-electron chi connectivity index (χ0n) is 10.3. The van der Waals surface area contributed by atoms with Crippen molar-refractivity contribution in [3.8, 4) is 0 Å². The van der Waals surface area contributed by atoms with Gasteiger partial charge in [-0.05, 0) is 25.7 Å². The lowest BCUT2D eigenvalue weighted by atomic mass is 9.93. The quantitative estimate of drug-likeness (QED) is 0.411. The molecule has 0 aromatic carbocycles. The lowest BCUT2D eigenvalue weighted by Gasteiger charge is -2.25. The second-order valence-corrected chi connectivity index (χ2v) is 4.39. The molecule has 0 amide bonds. The van der Waals surface area contributed by atoms with Crippen LogP contribution < -0.4 is 0 Å². The summed E-state index contributed by atoms with van der Waals surface area (Å²) in [6.07, 6.45) is 6.28. The van der Waals surface area contributed by atoms with E-state index >= 15 is 0 Å². The molecule has 0 N–H and O–H groups in total. The molecule has 4 heteroatoms. The van der Waals surface area contributed by atoms with Crippen molar-refractivity contribution in [2.24, 2.45) is 10.2 Å². The molecule has 0 aliphatic heterocycles. The van der Waals surface area contributed by atoms with Gasteiger partial charge in [-0.3, -0.25) is 4.79 Å². The van der Waals surface area contributed by atoms with Gasteiger partial charge in [0.25, 0.3) is 0 Å². The predicted molar refractivity (Wildman–Crippen MR) is 62.4 cm³/mol. The van der Waals surface area contributed by atoms with Gasteiger partial charge in [-0.25, -0.2) is 0 Å². The van der Waals surface area contributed by atoms with Gasteiger partial charge < -0.3 is 4.74 Å². The largest absolute Gasteiger partial charge is 0.462 e. The molecule has 1 aliphatic carbocycles. The Kier molecular flexibility index (Phi) is 6.04. The Bertz CT molecular complexity index is 241. The minimum Gasteiger partial charge on any atom is -0.462 e. The summed E-state index contributed by atoms with van der Waals surface area (Å²) in [5.74, 6) is -0.187. The van der Waals surface area contributed by atoms with Crippen molar-refractivity contribution in [2.45, 2.75) is 64.5 Å². The van der Waals surface area contributed by atoms with Gasteiger partial charge in [0.05, 0.1) is 12.6 Å². The van der Waals surface area contributed by atoms with Gasteiger partial charge in [-0.1, -0.05) is 13.3 Å². The van der Waals surface area contributed by atoms with Gasteiger partial charge in [-0.15, -0.1) is 0 Å². The van der Waals surface area contributed by atoms with Crippen molar-refractivity contribution in [2.75, 3.05) is 6.54 Å². The van der Waals surface area contributed by atoms with Gasteiger partial charge in [0, 0.05) is 13.3 Å². The van der Waals surface area contributed by atoms with Crippen LogP contribution in [0.2, 0.25) is 0 Å². The number of azo groups is 1. The summed E-state index contributed by atoms with van der Waals surface area (Å²) in [7, 11) is 0. The van der Waals surface area contributed by atoms with Crippen molar-refractivity contribution >= 4 is 5.97 Å². The van der Waals surface area contributed by atoms with Crippen LogP contribution in [0.15, 0.2) is 10.2 Å². The van der Waals surface area contributed by atoms with Crippen molar-refractivity contribution < 1.29 is 9.53 Å². The van der Waals surface area contributed by atoms with Crippen molar-refractivity contribution in [3.63, 3.8) is 0 Å². The van der Waals surface area contributed by atoms with E-state index in [1.165, 1.54) is 6.92 Å². The fourth-order valence-corrected chi connectivity index (χ4v) is 1.97. The monoisotopic (exact) mass is 226 g/mol. The molecule has 0 bridgehead atoms. The molecule has 4 nitrogen and oxygen atoms in total.